The molecule has 0 aliphatic carbocycles. The van der Waals surface area contributed by atoms with Gasteiger partial charge in [-0.05, 0) is 37.1 Å². The lowest BCUT2D eigenvalue weighted by Gasteiger charge is -2.30. The summed E-state index contributed by atoms with van der Waals surface area (Å²) in [6.45, 7) is 3.01. The molecule has 3 aromatic rings. The lowest BCUT2D eigenvalue weighted by atomic mass is 9.96. The largest absolute Gasteiger partial charge is 0.380 e. The first kappa shape index (κ1) is 16.9. The van der Waals surface area contributed by atoms with Crippen LogP contribution >= 0.6 is 0 Å². The van der Waals surface area contributed by atoms with Crippen LogP contribution in [0.3, 0.4) is 0 Å². The maximum atomic E-state index is 10.4. The van der Waals surface area contributed by atoms with Crippen LogP contribution in [0.4, 0.5) is 0 Å². The Balaban J connectivity index is 1.36. The molecular formula is C21H23N3O2. The quantitative estimate of drug-likeness (QED) is 0.763. The molecule has 1 fully saturated rings. The van der Waals surface area contributed by atoms with E-state index in [-0.39, 0.29) is 5.92 Å². The smallest absolute Gasteiger partial charge is 0.229 e. The Bertz CT molecular complexity index is 812. The topological polar surface area (TPSA) is 62.4 Å². The van der Waals surface area contributed by atoms with Crippen molar-refractivity contribution in [2.24, 2.45) is 0 Å². The first-order chi connectivity index (χ1) is 12.8. The molecule has 26 heavy (non-hydrogen) atoms. The minimum Gasteiger partial charge on any atom is -0.380 e. The molecule has 4 rings (SSSR count). The van der Waals surface area contributed by atoms with Gasteiger partial charge in [0, 0.05) is 12.5 Å². The van der Waals surface area contributed by atoms with Crippen molar-refractivity contribution in [1.82, 2.24) is 15.0 Å². The van der Waals surface area contributed by atoms with Crippen LogP contribution in [-0.4, -0.2) is 33.2 Å². The van der Waals surface area contributed by atoms with E-state index in [2.05, 4.69) is 39.3 Å². The van der Waals surface area contributed by atoms with Crippen molar-refractivity contribution >= 4 is 0 Å². The number of hydrogen-bond donors (Lipinski definition) is 1. The van der Waals surface area contributed by atoms with E-state index in [9.17, 15) is 5.11 Å². The molecule has 0 radical (unpaired) electrons. The molecule has 1 unspecified atom stereocenters. The second kappa shape index (κ2) is 7.81. The van der Waals surface area contributed by atoms with Crippen LogP contribution in [0.25, 0.3) is 0 Å². The maximum absolute atomic E-state index is 10.4. The van der Waals surface area contributed by atoms with Gasteiger partial charge in [0.15, 0.2) is 0 Å². The molecule has 5 heteroatoms. The molecule has 1 atom stereocenters. The summed E-state index contributed by atoms with van der Waals surface area (Å²) >= 11 is 0. The highest BCUT2D eigenvalue weighted by molar-refractivity contribution is 5.22. The van der Waals surface area contributed by atoms with Gasteiger partial charge in [0.25, 0.3) is 0 Å². The average molecular weight is 349 g/mol. The number of piperidine rings is 1. The maximum Gasteiger partial charge on any atom is 0.229 e. The number of rotatable bonds is 5. The van der Waals surface area contributed by atoms with Gasteiger partial charge >= 0.3 is 0 Å². The van der Waals surface area contributed by atoms with Gasteiger partial charge in [-0.1, -0.05) is 65.8 Å². The molecule has 1 aliphatic heterocycles. The Morgan fingerprint density at radius 3 is 2.35 bits per heavy atom. The highest BCUT2D eigenvalue weighted by atomic mass is 16.5. The number of benzene rings is 2. The number of nitrogens with zero attached hydrogens (tertiary/aromatic N) is 3. The van der Waals surface area contributed by atoms with Crippen molar-refractivity contribution < 1.29 is 9.63 Å². The fourth-order valence-electron chi connectivity index (χ4n) is 3.49. The summed E-state index contributed by atoms with van der Waals surface area (Å²) in [4.78, 5) is 6.93. The normalized spacial score (nSPS) is 17.3. The molecule has 2 aromatic carbocycles. The molecule has 0 saturated carbocycles. The summed E-state index contributed by atoms with van der Waals surface area (Å²) in [6, 6.07) is 20.0. The third kappa shape index (κ3) is 3.84. The highest BCUT2D eigenvalue weighted by Crippen LogP contribution is 2.29. The zero-order chi connectivity index (χ0) is 17.8. The molecule has 5 nitrogen and oxygen atoms in total. The van der Waals surface area contributed by atoms with E-state index in [0.717, 1.165) is 38.0 Å². The lowest BCUT2D eigenvalue weighted by molar-refractivity contribution is 0.186. The molecule has 1 aromatic heterocycles. The summed E-state index contributed by atoms with van der Waals surface area (Å²) in [5, 5.41) is 14.4. The van der Waals surface area contributed by atoms with Gasteiger partial charge < -0.3 is 9.63 Å². The number of aliphatic hydroxyl groups is 1. The monoisotopic (exact) mass is 349 g/mol. The van der Waals surface area contributed by atoms with Crippen molar-refractivity contribution in [1.29, 1.82) is 0 Å². The first-order valence-electron chi connectivity index (χ1n) is 9.12. The Kier molecular flexibility index (Phi) is 5.09. The highest BCUT2D eigenvalue weighted by Gasteiger charge is 2.26. The first-order valence-corrected chi connectivity index (χ1v) is 9.12. The van der Waals surface area contributed by atoms with Gasteiger partial charge in [0.2, 0.25) is 11.7 Å². The van der Waals surface area contributed by atoms with E-state index in [1.54, 1.807) is 0 Å². The van der Waals surface area contributed by atoms with Crippen molar-refractivity contribution in [3.63, 3.8) is 0 Å². The summed E-state index contributed by atoms with van der Waals surface area (Å²) < 4.78 is 5.46. The zero-order valence-electron chi connectivity index (χ0n) is 14.7. The standard InChI is InChI=1S/C21H23N3O2/c25-19(17-9-5-2-6-10-17)20-22-21(26-23-20)18-11-13-24(14-12-18)15-16-7-3-1-4-8-16/h1-10,18-19,25H,11-15H2. The van der Waals surface area contributed by atoms with Crippen molar-refractivity contribution in [3.05, 3.63) is 83.5 Å². The SMILES string of the molecule is OC(c1ccccc1)c1noc(C2CCN(Cc3ccccc3)CC2)n1. The second-order valence-electron chi connectivity index (χ2n) is 6.84. The van der Waals surface area contributed by atoms with E-state index in [1.165, 1.54) is 5.56 Å². The molecule has 1 aliphatic rings. The van der Waals surface area contributed by atoms with Gasteiger partial charge in [-0.25, -0.2) is 0 Å². The van der Waals surface area contributed by atoms with Crippen LogP contribution in [-0.2, 0) is 6.54 Å². The van der Waals surface area contributed by atoms with E-state index in [0.29, 0.717) is 11.7 Å². The summed E-state index contributed by atoms with van der Waals surface area (Å²) in [5.41, 5.74) is 2.12. The average Bonchev–Trinajstić information content (AvgIpc) is 3.20. The number of hydrogen-bond acceptors (Lipinski definition) is 5. The van der Waals surface area contributed by atoms with Crippen molar-refractivity contribution in [3.8, 4) is 0 Å². The van der Waals surface area contributed by atoms with Gasteiger partial charge in [0.1, 0.15) is 6.10 Å². The summed E-state index contributed by atoms with van der Waals surface area (Å²) in [7, 11) is 0. The lowest BCUT2D eigenvalue weighted by Crippen LogP contribution is -2.32. The van der Waals surface area contributed by atoms with Crippen LogP contribution in [0.15, 0.2) is 65.2 Å². The van der Waals surface area contributed by atoms with Gasteiger partial charge in [-0.3, -0.25) is 4.90 Å². The van der Waals surface area contributed by atoms with Gasteiger partial charge in [0.05, 0.1) is 0 Å². The minimum atomic E-state index is -0.841. The number of aliphatic hydroxyl groups excluding tert-OH is 1. The fourth-order valence-corrected chi connectivity index (χ4v) is 3.49. The molecule has 0 spiro atoms. The van der Waals surface area contributed by atoms with E-state index in [1.807, 2.05) is 36.4 Å². The molecular weight excluding hydrogens is 326 g/mol. The van der Waals surface area contributed by atoms with Gasteiger partial charge in [-0.2, -0.15) is 4.98 Å². The third-order valence-electron chi connectivity index (χ3n) is 5.00. The summed E-state index contributed by atoms with van der Waals surface area (Å²) in [6.07, 6.45) is 1.15. The zero-order valence-corrected chi connectivity index (χ0v) is 14.7. The van der Waals surface area contributed by atoms with Crippen LogP contribution in [0, 0.1) is 0 Å². The second-order valence-corrected chi connectivity index (χ2v) is 6.84. The predicted molar refractivity (Wildman–Crippen MR) is 98.5 cm³/mol. The Morgan fingerprint density at radius 2 is 1.65 bits per heavy atom. The third-order valence-corrected chi connectivity index (χ3v) is 5.00. The fraction of sp³-hybridized carbons (Fsp3) is 0.333. The van der Waals surface area contributed by atoms with Crippen LogP contribution in [0.1, 0.15) is 47.7 Å². The Hall–Kier alpha value is -2.50. The minimum absolute atomic E-state index is 0.270. The molecule has 1 saturated heterocycles. The van der Waals surface area contributed by atoms with E-state index >= 15 is 0 Å². The molecule has 0 amide bonds. The van der Waals surface area contributed by atoms with Gasteiger partial charge in [-0.15, -0.1) is 0 Å². The molecule has 0 bridgehead atoms. The molecule has 2 heterocycles. The van der Waals surface area contributed by atoms with E-state index in [4.69, 9.17) is 4.52 Å². The molecule has 1 N–H and O–H groups in total. The number of aromatic nitrogens is 2. The van der Waals surface area contributed by atoms with Crippen LogP contribution < -0.4 is 0 Å². The molecule has 134 valence electrons. The summed E-state index contributed by atoms with van der Waals surface area (Å²) in [5.74, 6) is 1.26. The van der Waals surface area contributed by atoms with Crippen LogP contribution in [0.5, 0.6) is 0 Å². The Labute approximate surface area is 153 Å². The van der Waals surface area contributed by atoms with Crippen molar-refractivity contribution in [2.45, 2.75) is 31.4 Å². The van der Waals surface area contributed by atoms with Crippen LogP contribution in [0.2, 0.25) is 0 Å². The predicted octanol–water partition coefficient (Wildman–Crippen LogP) is 3.53. The Morgan fingerprint density at radius 1 is 1.00 bits per heavy atom. The number of likely N-dealkylation sites (tertiary alicyclic amines) is 1. The van der Waals surface area contributed by atoms with Crippen molar-refractivity contribution in [2.75, 3.05) is 13.1 Å². The van der Waals surface area contributed by atoms with E-state index < -0.39 is 6.10 Å².